The smallest absolute Gasteiger partial charge is 0.383 e. The van der Waals surface area contributed by atoms with Crippen molar-refractivity contribution in [3.05, 3.63) is 94.8 Å². The summed E-state index contributed by atoms with van der Waals surface area (Å²) in [5, 5.41) is 0. The predicted octanol–water partition coefficient (Wildman–Crippen LogP) is 5.78. The van der Waals surface area contributed by atoms with E-state index in [9.17, 15) is 22.8 Å². The Bertz CT molecular complexity index is 1240. The van der Waals surface area contributed by atoms with Crippen LogP contribution < -0.4 is 0 Å². The number of hydrogen-bond donors (Lipinski definition) is 0. The van der Waals surface area contributed by atoms with E-state index >= 15 is 0 Å². The van der Waals surface area contributed by atoms with Crippen LogP contribution in [0, 0.1) is 6.92 Å². The molecule has 0 aliphatic heterocycles. The molecule has 1 heterocycles. The van der Waals surface area contributed by atoms with Gasteiger partial charge in [-0.1, -0.05) is 49.2 Å². The summed E-state index contributed by atoms with van der Waals surface area (Å²) in [6.07, 6.45) is -0.940. The van der Waals surface area contributed by atoms with E-state index in [0.717, 1.165) is 36.2 Å². The van der Waals surface area contributed by atoms with E-state index in [4.69, 9.17) is 4.74 Å². The van der Waals surface area contributed by atoms with Gasteiger partial charge in [-0.05, 0) is 49.2 Å². The minimum Gasteiger partial charge on any atom is -0.383 e. The molecule has 0 N–H and O–H groups in total. The number of rotatable bonds is 13. The molecule has 0 fully saturated rings. The highest BCUT2D eigenvalue weighted by Gasteiger charge is 2.31. The molecule has 6 nitrogen and oxygen atoms in total. The van der Waals surface area contributed by atoms with Crippen LogP contribution in [0.4, 0.5) is 13.2 Å². The summed E-state index contributed by atoms with van der Waals surface area (Å²) in [6, 6.07) is 16.4. The molecule has 1 aromatic heterocycles. The second-order valence-electron chi connectivity index (χ2n) is 9.58. The number of ether oxygens (including phenoxy) is 1. The molecule has 0 saturated carbocycles. The number of aryl methyl sites for hydroxylation is 1. The van der Waals surface area contributed by atoms with Crippen LogP contribution in [0.5, 0.6) is 0 Å². The molecule has 0 bridgehead atoms. The summed E-state index contributed by atoms with van der Waals surface area (Å²) in [7, 11) is 1.46. The lowest BCUT2D eigenvalue weighted by Crippen LogP contribution is -2.44. The fraction of sp³-hybridized carbons (Fsp3) is 0.400. The highest BCUT2D eigenvalue weighted by molar-refractivity contribution is 5.96. The van der Waals surface area contributed by atoms with E-state index in [1.54, 1.807) is 4.90 Å². The van der Waals surface area contributed by atoms with E-state index in [2.05, 4.69) is 16.7 Å². The topological polar surface area (TPSA) is 54.8 Å². The zero-order valence-electron chi connectivity index (χ0n) is 22.7. The van der Waals surface area contributed by atoms with Crippen LogP contribution in [0.15, 0.2) is 66.9 Å². The average molecular weight is 544 g/mol. The van der Waals surface area contributed by atoms with Gasteiger partial charge in [-0.3, -0.25) is 9.59 Å². The van der Waals surface area contributed by atoms with Gasteiger partial charge >= 0.3 is 6.18 Å². The van der Waals surface area contributed by atoms with Gasteiger partial charge < -0.3 is 19.1 Å². The lowest BCUT2D eigenvalue weighted by Gasteiger charge is -2.28. The van der Waals surface area contributed by atoms with Crippen LogP contribution >= 0.6 is 0 Å². The minimum atomic E-state index is -4.58. The van der Waals surface area contributed by atoms with Crippen molar-refractivity contribution in [1.29, 1.82) is 0 Å². The van der Waals surface area contributed by atoms with Crippen LogP contribution in [-0.2, 0) is 28.8 Å². The summed E-state index contributed by atoms with van der Waals surface area (Å²) < 4.78 is 46.9. The van der Waals surface area contributed by atoms with Gasteiger partial charge in [0, 0.05) is 44.2 Å². The van der Waals surface area contributed by atoms with E-state index < -0.39 is 17.6 Å². The van der Waals surface area contributed by atoms with Crippen LogP contribution in [0.1, 0.15) is 52.5 Å². The Morgan fingerprint density at radius 2 is 1.74 bits per heavy atom. The molecule has 0 aliphatic carbocycles. The average Bonchev–Trinajstić information content (AvgIpc) is 3.34. The van der Waals surface area contributed by atoms with Gasteiger partial charge in [-0.2, -0.15) is 13.2 Å². The van der Waals surface area contributed by atoms with Crippen LogP contribution in [0.25, 0.3) is 0 Å². The largest absolute Gasteiger partial charge is 0.416 e. The van der Waals surface area contributed by atoms with Crippen LogP contribution in [-0.4, -0.2) is 59.5 Å². The van der Waals surface area contributed by atoms with Gasteiger partial charge in [0.25, 0.3) is 5.91 Å². The van der Waals surface area contributed by atoms with Crippen molar-refractivity contribution in [1.82, 2.24) is 14.4 Å². The highest BCUT2D eigenvalue weighted by Crippen LogP contribution is 2.29. The molecule has 0 spiro atoms. The van der Waals surface area contributed by atoms with Crippen molar-refractivity contribution in [2.24, 2.45) is 0 Å². The molecule has 0 saturated heterocycles. The first-order valence-corrected chi connectivity index (χ1v) is 13.0. The Morgan fingerprint density at radius 3 is 2.44 bits per heavy atom. The lowest BCUT2D eigenvalue weighted by atomic mass is 10.1. The molecule has 0 radical (unpaired) electrons. The number of hydrogen-bond acceptors (Lipinski definition) is 3. The summed E-state index contributed by atoms with van der Waals surface area (Å²) in [4.78, 5) is 29.7. The maximum absolute atomic E-state index is 13.5. The van der Waals surface area contributed by atoms with Crippen molar-refractivity contribution < 1.29 is 27.5 Å². The Labute approximate surface area is 228 Å². The molecule has 3 aromatic rings. The number of halogens is 3. The summed E-state index contributed by atoms with van der Waals surface area (Å²) >= 11 is 0. The first kappa shape index (κ1) is 30.0. The molecule has 3 rings (SSSR count). The van der Waals surface area contributed by atoms with Crippen LogP contribution in [0.3, 0.4) is 0 Å². The molecule has 210 valence electrons. The third kappa shape index (κ3) is 8.71. The molecular weight excluding hydrogens is 507 g/mol. The number of nitrogens with zero attached hydrogens (tertiary/aromatic N) is 3. The van der Waals surface area contributed by atoms with Crippen molar-refractivity contribution >= 4 is 11.8 Å². The van der Waals surface area contributed by atoms with E-state index in [1.165, 1.54) is 29.7 Å². The second-order valence-corrected chi connectivity index (χ2v) is 9.58. The fourth-order valence-corrected chi connectivity index (χ4v) is 4.32. The number of methoxy groups -OCH3 is 1. The summed E-state index contributed by atoms with van der Waals surface area (Å²) in [5.74, 6) is -0.923. The SMILES string of the molecule is CCCCN(Cc1cccn1Cc1cccc(C)c1)C(=O)CN(CCOC)C(=O)c1cccc(C(F)(F)F)c1. The maximum Gasteiger partial charge on any atom is 0.416 e. The normalized spacial score (nSPS) is 11.4. The number of carbonyl (C=O) groups is 2. The number of benzene rings is 2. The van der Waals surface area contributed by atoms with E-state index in [-0.39, 0.29) is 31.2 Å². The van der Waals surface area contributed by atoms with E-state index in [0.29, 0.717) is 19.6 Å². The Morgan fingerprint density at radius 1 is 0.974 bits per heavy atom. The molecule has 0 atom stereocenters. The lowest BCUT2D eigenvalue weighted by molar-refractivity contribution is -0.137. The number of unbranched alkanes of at least 4 members (excludes halogenated alkanes) is 1. The summed E-state index contributed by atoms with van der Waals surface area (Å²) in [5.41, 5.74) is 2.23. The van der Waals surface area contributed by atoms with E-state index in [1.807, 2.05) is 44.3 Å². The van der Waals surface area contributed by atoms with Crippen molar-refractivity contribution in [3.8, 4) is 0 Å². The third-order valence-electron chi connectivity index (χ3n) is 6.46. The Kier molecular flexibility index (Phi) is 10.7. The second kappa shape index (κ2) is 14.0. The van der Waals surface area contributed by atoms with Gasteiger partial charge in [-0.25, -0.2) is 0 Å². The zero-order valence-corrected chi connectivity index (χ0v) is 22.7. The minimum absolute atomic E-state index is 0.0721. The van der Waals surface area contributed by atoms with Crippen LogP contribution in [0.2, 0.25) is 0 Å². The maximum atomic E-state index is 13.5. The highest BCUT2D eigenvalue weighted by atomic mass is 19.4. The predicted molar refractivity (Wildman–Crippen MR) is 144 cm³/mol. The molecule has 9 heteroatoms. The Balaban J connectivity index is 1.79. The Hall–Kier alpha value is -3.59. The molecule has 2 aromatic carbocycles. The molecule has 2 amide bonds. The van der Waals surface area contributed by atoms with Gasteiger partial charge in [0.15, 0.2) is 0 Å². The number of aromatic nitrogens is 1. The number of alkyl halides is 3. The van der Waals surface area contributed by atoms with Crippen molar-refractivity contribution in [2.45, 2.75) is 46.0 Å². The van der Waals surface area contributed by atoms with Gasteiger partial charge in [0.1, 0.15) is 6.54 Å². The fourth-order valence-electron chi connectivity index (χ4n) is 4.32. The van der Waals surface area contributed by atoms with Gasteiger partial charge in [-0.15, -0.1) is 0 Å². The number of amides is 2. The summed E-state index contributed by atoms with van der Waals surface area (Å²) in [6.45, 7) is 5.55. The molecule has 0 unspecified atom stereocenters. The zero-order chi connectivity index (χ0) is 28.4. The van der Waals surface area contributed by atoms with Gasteiger partial charge in [0.2, 0.25) is 5.91 Å². The molecule has 0 aliphatic rings. The molecular formula is C30H36F3N3O3. The van der Waals surface area contributed by atoms with Gasteiger partial charge in [0.05, 0.1) is 18.7 Å². The standard InChI is InChI=1S/C30H36F3N3O3/c1-4-5-14-35(21-27-13-8-15-34(27)20-24-10-6-9-23(2)18-24)28(37)22-36(16-17-39-3)29(38)25-11-7-12-26(19-25)30(31,32)33/h6-13,15,18-19H,4-5,14,16-17,20-22H2,1-3H3. The molecule has 39 heavy (non-hydrogen) atoms. The quantitative estimate of drug-likeness (QED) is 0.275. The van der Waals surface area contributed by atoms with Crippen molar-refractivity contribution in [3.63, 3.8) is 0 Å². The first-order valence-electron chi connectivity index (χ1n) is 13.0. The monoisotopic (exact) mass is 543 g/mol. The third-order valence-corrected chi connectivity index (χ3v) is 6.46. The number of carbonyl (C=O) groups excluding carboxylic acids is 2. The first-order chi connectivity index (χ1) is 18.6. The van der Waals surface area contributed by atoms with Crippen molar-refractivity contribution in [2.75, 3.05) is 33.4 Å².